The molecule has 2 N–H and O–H groups in total. The summed E-state index contributed by atoms with van der Waals surface area (Å²) in [5, 5.41) is 15.9. The Labute approximate surface area is 305 Å². The zero-order valence-electron chi connectivity index (χ0n) is 30.0. The Morgan fingerprint density at radius 1 is 1.08 bits per heavy atom. The van der Waals surface area contributed by atoms with Crippen LogP contribution in [-0.4, -0.2) is 77.2 Å². The highest BCUT2D eigenvalue weighted by atomic mass is 16.5. The van der Waals surface area contributed by atoms with E-state index >= 15 is 4.79 Å². The van der Waals surface area contributed by atoms with E-state index in [4.69, 9.17) is 9.47 Å². The molecule has 8 atom stereocenters. The number of aliphatic hydroxyl groups excluding tert-OH is 1. The Hall–Kier alpha value is -4.80. The number of carbonyl (C=O) groups excluding carboxylic acids is 4. The number of hydrogen-bond donors (Lipinski definition) is 2. The molecule has 0 radical (unpaired) electrons. The van der Waals surface area contributed by atoms with Gasteiger partial charge in [-0.15, -0.1) is 13.2 Å². The molecule has 0 unspecified atom stereocenters. The maximum Gasteiger partial charge on any atom is 0.306 e. The number of ether oxygens (including phenoxy) is 2. The lowest BCUT2D eigenvalue weighted by atomic mass is 9.70. The van der Waals surface area contributed by atoms with Crippen LogP contribution in [0.2, 0.25) is 0 Å². The highest BCUT2D eigenvalue weighted by molar-refractivity contribution is 6.06. The first-order valence-corrected chi connectivity index (χ1v) is 18.3. The Morgan fingerprint density at radius 3 is 2.50 bits per heavy atom. The van der Waals surface area contributed by atoms with Crippen LogP contribution >= 0.6 is 0 Å². The molecule has 0 saturated carbocycles. The number of rotatable bonds is 16. The number of fused-ring (bicyclic) bond motifs is 2. The van der Waals surface area contributed by atoms with E-state index in [1.165, 1.54) is 4.90 Å². The zero-order chi connectivity index (χ0) is 37.0. The normalized spacial score (nSPS) is 24.9. The highest BCUT2D eigenvalue weighted by Gasteiger charge is 2.75. The fourth-order valence-electron chi connectivity index (χ4n) is 8.43. The van der Waals surface area contributed by atoms with Gasteiger partial charge < -0.3 is 29.7 Å². The number of amides is 3. The minimum atomic E-state index is -1.28. The van der Waals surface area contributed by atoms with Crippen LogP contribution in [-0.2, 0) is 28.7 Å². The topological polar surface area (TPSA) is 125 Å². The molecule has 3 aliphatic rings. The number of benzene rings is 3. The Kier molecular flexibility index (Phi) is 11.3. The molecule has 52 heavy (non-hydrogen) atoms. The van der Waals surface area contributed by atoms with Crippen molar-refractivity contribution >= 4 is 40.2 Å². The molecule has 3 aromatic rings. The SMILES string of the molecule is C=CCCC(=O)OC[C@H](NC(=O)[C@@H]1[C@H]2C(=O)N([C@@H](CO)[C@@H](C)CC)[C@H](C(=O)N(CC=C)c3ccc4ccccc4c3)[C@]23CC[C@H]1O3)c1ccccc1. The zero-order valence-corrected chi connectivity index (χ0v) is 30.0. The van der Waals surface area contributed by atoms with Crippen molar-refractivity contribution in [3.8, 4) is 0 Å². The smallest absolute Gasteiger partial charge is 0.306 e. The van der Waals surface area contributed by atoms with Gasteiger partial charge in [0.15, 0.2) is 0 Å². The van der Waals surface area contributed by atoms with Crippen LogP contribution < -0.4 is 10.2 Å². The van der Waals surface area contributed by atoms with Crippen LogP contribution in [0.3, 0.4) is 0 Å². The molecule has 0 aliphatic carbocycles. The van der Waals surface area contributed by atoms with Gasteiger partial charge in [0, 0.05) is 18.7 Å². The summed E-state index contributed by atoms with van der Waals surface area (Å²) in [5.41, 5.74) is 0.110. The van der Waals surface area contributed by atoms with Gasteiger partial charge in [-0.25, -0.2) is 0 Å². The van der Waals surface area contributed by atoms with Gasteiger partial charge in [-0.1, -0.05) is 93.1 Å². The van der Waals surface area contributed by atoms with Crippen LogP contribution in [0.1, 0.15) is 57.6 Å². The van der Waals surface area contributed by atoms with Crippen molar-refractivity contribution in [2.24, 2.45) is 17.8 Å². The predicted molar refractivity (Wildman–Crippen MR) is 199 cm³/mol. The molecule has 3 saturated heterocycles. The molecule has 3 fully saturated rings. The summed E-state index contributed by atoms with van der Waals surface area (Å²) in [5.74, 6) is -3.52. The van der Waals surface area contributed by atoms with Crippen LogP contribution in [0.4, 0.5) is 5.69 Å². The second-order valence-corrected chi connectivity index (χ2v) is 14.2. The van der Waals surface area contributed by atoms with Gasteiger partial charge in [0.2, 0.25) is 11.8 Å². The first kappa shape index (κ1) is 37.0. The molecule has 274 valence electrons. The molecule has 1 spiro atoms. The van der Waals surface area contributed by atoms with Crippen molar-refractivity contribution in [3.05, 3.63) is 104 Å². The minimum absolute atomic E-state index is 0.0934. The number of carbonyl (C=O) groups is 4. The van der Waals surface area contributed by atoms with Crippen LogP contribution in [0.15, 0.2) is 98.1 Å². The second-order valence-electron chi connectivity index (χ2n) is 14.2. The van der Waals surface area contributed by atoms with E-state index in [-0.39, 0.29) is 43.9 Å². The Balaban J connectivity index is 1.36. The molecule has 3 heterocycles. The van der Waals surface area contributed by atoms with Gasteiger partial charge in [0.1, 0.15) is 18.2 Å². The maximum absolute atomic E-state index is 15.1. The summed E-state index contributed by atoms with van der Waals surface area (Å²) in [6.07, 6.45) is 4.90. The first-order chi connectivity index (χ1) is 25.2. The molecule has 0 aromatic heterocycles. The van der Waals surface area contributed by atoms with Crippen LogP contribution in [0.25, 0.3) is 10.8 Å². The molecular formula is C42H49N3O7. The van der Waals surface area contributed by atoms with Crippen molar-refractivity contribution in [1.29, 1.82) is 0 Å². The molecule has 3 aromatic carbocycles. The van der Waals surface area contributed by atoms with E-state index < -0.39 is 53.5 Å². The van der Waals surface area contributed by atoms with Crippen molar-refractivity contribution in [2.45, 2.75) is 75.8 Å². The monoisotopic (exact) mass is 707 g/mol. The standard InChI is InChI=1S/C42H49N3O7/c1-5-8-18-35(47)51-26-32(29-15-10-9-11-16-29)43-39(48)36-34-21-22-42(52-34)37(36)40(49)45(33(25-46)27(4)7-3)38(42)41(50)44(23-6-2)31-20-19-28-14-12-13-17-30(28)24-31/h5-6,9-17,19-20,24,27,32-34,36-38,46H,1-2,7-8,18,21-23,25-26H2,3-4H3,(H,43,48)/t27-,32-,33-,34+,36-,37-,38+,42-/m0/s1. The predicted octanol–water partition coefficient (Wildman–Crippen LogP) is 5.51. The van der Waals surface area contributed by atoms with Gasteiger partial charge in [0.05, 0.1) is 36.6 Å². The van der Waals surface area contributed by atoms with E-state index in [1.54, 1.807) is 17.1 Å². The Bertz CT molecular complexity index is 1810. The first-order valence-electron chi connectivity index (χ1n) is 18.3. The van der Waals surface area contributed by atoms with Gasteiger partial charge in [-0.3, -0.25) is 19.2 Å². The van der Waals surface area contributed by atoms with Crippen molar-refractivity contribution in [1.82, 2.24) is 10.2 Å². The summed E-state index contributed by atoms with van der Waals surface area (Å²) in [7, 11) is 0. The number of hydrogen-bond acceptors (Lipinski definition) is 7. The third-order valence-electron chi connectivity index (χ3n) is 11.2. The number of nitrogens with one attached hydrogen (secondary N) is 1. The number of nitrogens with zero attached hydrogens (tertiary/aromatic N) is 2. The fourth-order valence-corrected chi connectivity index (χ4v) is 8.43. The average molecular weight is 708 g/mol. The molecule has 3 amide bonds. The quantitative estimate of drug-likeness (QED) is 0.149. The number of aliphatic hydroxyl groups is 1. The third kappa shape index (κ3) is 6.77. The van der Waals surface area contributed by atoms with Gasteiger partial charge in [-0.2, -0.15) is 0 Å². The van der Waals surface area contributed by atoms with Crippen molar-refractivity contribution < 1.29 is 33.8 Å². The van der Waals surface area contributed by atoms with E-state index in [0.29, 0.717) is 31.4 Å². The lowest BCUT2D eigenvalue weighted by Gasteiger charge is -2.41. The minimum Gasteiger partial charge on any atom is -0.463 e. The number of likely N-dealkylation sites (tertiary alicyclic amines) is 1. The van der Waals surface area contributed by atoms with Gasteiger partial charge >= 0.3 is 5.97 Å². The average Bonchev–Trinajstić information content (AvgIpc) is 3.82. The lowest BCUT2D eigenvalue weighted by Crippen LogP contribution is -2.60. The maximum atomic E-state index is 15.1. The molecule has 10 heteroatoms. The lowest BCUT2D eigenvalue weighted by molar-refractivity contribution is -0.147. The number of allylic oxidation sites excluding steroid dienone is 1. The summed E-state index contributed by atoms with van der Waals surface area (Å²) >= 11 is 0. The molecule has 6 rings (SSSR count). The summed E-state index contributed by atoms with van der Waals surface area (Å²) in [6.45, 7) is 11.3. The van der Waals surface area contributed by atoms with Gasteiger partial charge in [0.25, 0.3) is 5.91 Å². The van der Waals surface area contributed by atoms with Crippen LogP contribution in [0, 0.1) is 17.8 Å². The highest BCUT2D eigenvalue weighted by Crippen LogP contribution is 2.59. The van der Waals surface area contributed by atoms with Crippen molar-refractivity contribution in [2.75, 3.05) is 24.7 Å². The van der Waals surface area contributed by atoms with Gasteiger partial charge in [-0.05, 0) is 53.6 Å². The van der Waals surface area contributed by atoms with E-state index in [0.717, 1.165) is 16.3 Å². The number of anilines is 1. The summed E-state index contributed by atoms with van der Waals surface area (Å²) in [6, 6.07) is 20.5. The molecule has 10 nitrogen and oxygen atoms in total. The largest absolute Gasteiger partial charge is 0.463 e. The third-order valence-corrected chi connectivity index (χ3v) is 11.2. The number of esters is 1. The molecule has 3 aliphatic heterocycles. The summed E-state index contributed by atoms with van der Waals surface area (Å²) in [4.78, 5) is 60.0. The molecular weight excluding hydrogens is 658 g/mol. The van der Waals surface area contributed by atoms with E-state index in [2.05, 4.69) is 18.5 Å². The van der Waals surface area contributed by atoms with Crippen molar-refractivity contribution in [3.63, 3.8) is 0 Å². The summed E-state index contributed by atoms with van der Waals surface area (Å²) < 4.78 is 12.3. The van der Waals surface area contributed by atoms with E-state index in [1.807, 2.05) is 86.6 Å². The fraction of sp³-hybridized carbons (Fsp3) is 0.429. The Morgan fingerprint density at radius 2 is 1.81 bits per heavy atom. The van der Waals surface area contributed by atoms with E-state index in [9.17, 15) is 19.5 Å². The van der Waals surface area contributed by atoms with Crippen LogP contribution in [0.5, 0.6) is 0 Å². The second kappa shape index (κ2) is 15.8. The molecule has 2 bridgehead atoms.